The summed E-state index contributed by atoms with van der Waals surface area (Å²) in [5.74, 6) is 1.75. The molecular formula is C18H31NO. The molecule has 0 radical (unpaired) electrons. The van der Waals surface area contributed by atoms with Gasteiger partial charge < -0.3 is 10.1 Å². The minimum absolute atomic E-state index is 0.395. The van der Waals surface area contributed by atoms with Crippen molar-refractivity contribution in [2.45, 2.75) is 59.4 Å². The molecule has 0 aromatic heterocycles. The average Bonchev–Trinajstić information content (AvgIpc) is 2.43. The van der Waals surface area contributed by atoms with Gasteiger partial charge in [-0.1, -0.05) is 45.7 Å². The Bertz CT molecular complexity index is 389. The monoisotopic (exact) mass is 277 g/mol. The number of hydrogen-bond acceptors (Lipinski definition) is 2. The molecule has 0 aliphatic heterocycles. The smallest absolute Gasteiger partial charge is 0.123 e. The Hall–Kier alpha value is -1.02. The molecule has 2 nitrogen and oxygen atoms in total. The molecule has 1 rings (SSSR count). The van der Waals surface area contributed by atoms with E-state index in [9.17, 15) is 0 Å². The zero-order chi connectivity index (χ0) is 15.0. The van der Waals surface area contributed by atoms with Gasteiger partial charge in [0.2, 0.25) is 0 Å². The summed E-state index contributed by atoms with van der Waals surface area (Å²) in [6.45, 7) is 10.00. The maximum Gasteiger partial charge on any atom is 0.123 e. The molecule has 0 heterocycles. The molecule has 20 heavy (non-hydrogen) atoms. The second-order valence-corrected chi connectivity index (χ2v) is 5.88. The van der Waals surface area contributed by atoms with Gasteiger partial charge in [0.15, 0.2) is 0 Å². The largest absolute Gasteiger partial charge is 0.496 e. The first-order valence-electron chi connectivity index (χ1n) is 8.00. The van der Waals surface area contributed by atoms with E-state index in [1.807, 2.05) is 0 Å². The summed E-state index contributed by atoms with van der Waals surface area (Å²) in [6, 6.07) is 6.94. The van der Waals surface area contributed by atoms with E-state index < -0.39 is 0 Å². The Morgan fingerprint density at radius 2 is 1.95 bits per heavy atom. The van der Waals surface area contributed by atoms with E-state index in [1.54, 1.807) is 7.11 Å². The van der Waals surface area contributed by atoms with E-state index in [4.69, 9.17) is 4.74 Å². The van der Waals surface area contributed by atoms with E-state index in [2.05, 4.69) is 51.2 Å². The summed E-state index contributed by atoms with van der Waals surface area (Å²) in [6.07, 6.45) is 4.88. The fourth-order valence-electron chi connectivity index (χ4n) is 2.76. The van der Waals surface area contributed by atoms with E-state index in [0.29, 0.717) is 6.04 Å². The van der Waals surface area contributed by atoms with Crippen molar-refractivity contribution in [3.05, 3.63) is 29.3 Å². The Labute approximate surface area is 124 Å². The molecule has 114 valence electrons. The minimum atomic E-state index is 0.395. The van der Waals surface area contributed by atoms with Crippen LogP contribution >= 0.6 is 0 Å². The molecule has 0 amide bonds. The number of aryl methyl sites for hydroxylation is 1. The van der Waals surface area contributed by atoms with Gasteiger partial charge in [-0.25, -0.2) is 0 Å². The fraction of sp³-hybridized carbons (Fsp3) is 0.667. The first-order chi connectivity index (χ1) is 9.62. The van der Waals surface area contributed by atoms with Gasteiger partial charge in [0, 0.05) is 11.6 Å². The molecule has 0 saturated carbocycles. The van der Waals surface area contributed by atoms with Crippen LogP contribution in [0.4, 0.5) is 0 Å². The zero-order valence-electron chi connectivity index (χ0n) is 13.8. The van der Waals surface area contributed by atoms with E-state index in [0.717, 1.165) is 24.6 Å². The molecule has 2 atom stereocenters. The minimum Gasteiger partial charge on any atom is -0.496 e. The predicted octanol–water partition coefficient (Wildman–Crippen LogP) is 4.87. The summed E-state index contributed by atoms with van der Waals surface area (Å²) >= 11 is 0. The van der Waals surface area contributed by atoms with E-state index in [1.165, 1.54) is 30.4 Å². The van der Waals surface area contributed by atoms with Gasteiger partial charge in [-0.3, -0.25) is 0 Å². The Morgan fingerprint density at radius 3 is 2.55 bits per heavy atom. The van der Waals surface area contributed by atoms with Crippen molar-refractivity contribution in [2.24, 2.45) is 5.92 Å². The molecule has 0 fully saturated rings. The summed E-state index contributed by atoms with van der Waals surface area (Å²) < 4.78 is 5.59. The predicted molar refractivity (Wildman–Crippen MR) is 87.5 cm³/mol. The number of rotatable bonds is 9. The van der Waals surface area contributed by atoms with Crippen LogP contribution in [-0.2, 0) is 0 Å². The summed E-state index contributed by atoms with van der Waals surface area (Å²) in [7, 11) is 1.77. The maximum atomic E-state index is 5.59. The highest BCUT2D eigenvalue weighted by molar-refractivity contribution is 5.39. The first kappa shape index (κ1) is 17.0. The quantitative estimate of drug-likeness (QED) is 0.695. The van der Waals surface area contributed by atoms with Gasteiger partial charge in [0.1, 0.15) is 5.75 Å². The summed E-state index contributed by atoms with van der Waals surface area (Å²) in [4.78, 5) is 0. The molecule has 1 aromatic carbocycles. The highest BCUT2D eigenvalue weighted by atomic mass is 16.5. The zero-order valence-corrected chi connectivity index (χ0v) is 13.8. The molecule has 1 aromatic rings. The lowest BCUT2D eigenvalue weighted by molar-refractivity contribution is 0.365. The number of methoxy groups -OCH3 is 1. The Kier molecular flexibility index (Phi) is 7.68. The van der Waals surface area contributed by atoms with E-state index in [-0.39, 0.29) is 0 Å². The van der Waals surface area contributed by atoms with Crippen molar-refractivity contribution >= 4 is 0 Å². The van der Waals surface area contributed by atoms with Crippen LogP contribution in [0.3, 0.4) is 0 Å². The summed E-state index contributed by atoms with van der Waals surface area (Å²) in [5, 5.41) is 3.69. The van der Waals surface area contributed by atoms with Crippen molar-refractivity contribution in [2.75, 3.05) is 13.7 Å². The lowest BCUT2D eigenvalue weighted by Gasteiger charge is -2.24. The molecule has 2 unspecified atom stereocenters. The van der Waals surface area contributed by atoms with E-state index >= 15 is 0 Å². The van der Waals surface area contributed by atoms with Crippen molar-refractivity contribution < 1.29 is 4.74 Å². The molecule has 0 aliphatic rings. The average molecular weight is 277 g/mol. The van der Waals surface area contributed by atoms with Gasteiger partial charge in [-0.15, -0.1) is 0 Å². The van der Waals surface area contributed by atoms with Crippen molar-refractivity contribution in [1.29, 1.82) is 0 Å². The maximum absolute atomic E-state index is 5.59. The highest BCUT2D eigenvalue weighted by Crippen LogP contribution is 2.31. The van der Waals surface area contributed by atoms with Gasteiger partial charge >= 0.3 is 0 Å². The number of benzene rings is 1. The molecule has 0 aliphatic carbocycles. The van der Waals surface area contributed by atoms with Gasteiger partial charge in [-0.05, 0) is 43.9 Å². The Morgan fingerprint density at radius 1 is 1.20 bits per heavy atom. The number of nitrogens with one attached hydrogen (secondary N) is 1. The van der Waals surface area contributed by atoms with Crippen molar-refractivity contribution in [3.8, 4) is 5.75 Å². The SMILES string of the molecule is CCCNC(CC(C)CCC)c1ccc(C)cc1OC. The third-order valence-electron chi connectivity index (χ3n) is 3.82. The number of ether oxygens (including phenoxy) is 1. The van der Waals surface area contributed by atoms with Crippen LogP contribution in [0.25, 0.3) is 0 Å². The van der Waals surface area contributed by atoms with Gasteiger partial charge in [-0.2, -0.15) is 0 Å². The van der Waals surface area contributed by atoms with Crippen LogP contribution in [0, 0.1) is 12.8 Å². The third-order valence-corrected chi connectivity index (χ3v) is 3.82. The highest BCUT2D eigenvalue weighted by Gasteiger charge is 2.18. The summed E-state index contributed by atoms with van der Waals surface area (Å²) in [5.41, 5.74) is 2.55. The van der Waals surface area contributed by atoms with Crippen LogP contribution in [0.1, 0.15) is 63.6 Å². The van der Waals surface area contributed by atoms with Crippen LogP contribution in [0.2, 0.25) is 0 Å². The normalized spacial score (nSPS) is 14.1. The lowest BCUT2D eigenvalue weighted by atomic mass is 9.92. The molecule has 0 spiro atoms. The molecule has 2 heteroatoms. The second kappa shape index (κ2) is 9.02. The third kappa shape index (κ3) is 5.16. The molecular weight excluding hydrogens is 246 g/mol. The van der Waals surface area contributed by atoms with Crippen molar-refractivity contribution in [1.82, 2.24) is 5.32 Å². The number of hydrogen-bond donors (Lipinski definition) is 1. The lowest BCUT2D eigenvalue weighted by Crippen LogP contribution is -2.24. The van der Waals surface area contributed by atoms with Gasteiger partial charge in [0.25, 0.3) is 0 Å². The van der Waals surface area contributed by atoms with Crippen LogP contribution in [0.15, 0.2) is 18.2 Å². The molecule has 1 N–H and O–H groups in total. The molecule has 0 bridgehead atoms. The Balaban J connectivity index is 2.91. The second-order valence-electron chi connectivity index (χ2n) is 5.88. The first-order valence-corrected chi connectivity index (χ1v) is 8.00. The van der Waals surface area contributed by atoms with Crippen molar-refractivity contribution in [3.63, 3.8) is 0 Å². The molecule has 0 saturated heterocycles. The van der Waals surface area contributed by atoms with Gasteiger partial charge in [0.05, 0.1) is 7.11 Å². The van der Waals surface area contributed by atoms with Crippen LogP contribution < -0.4 is 10.1 Å². The standard InChI is InChI=1S/C18H31NO/c1-6-8-14(3)12-17(19-11-7-2)16-10-9-15(4)13-18(16)20-5/h9-10,13-14,17,19H,6-8,11-12H2,1-5H3. The van der Waals surface area contributed by atoms with Crippen LogP contribution in [-0.4, -0.2) is 13.7 Å². The fourth-order valence-corrected chi connectivity index (χ4v) is 2.76. The van der Waals surface area contributed by atoms with Crippen LogP contribution in [0.5, 0.6) is 5.75 Å². The topological polar surface area (TPSA) is 21.3 Å².